The molecule has 0 unspecified atom stereocenters. The van der Waals surface area contributed by atoms with Gasteiger partial charge in [0, 0.05) is 29.6 Å². The highest BCUT2D eigenvalue weighted by molar-refractivity contribution is 6.05. The average molecular weight is 323 g/mol. The first-order valence-electron chi connectivity index (χ1n) is 7.50. The van der Waals surface area contributed by atoms with Crippen LogP contribution < -0.4 is 5.73 Å². The number of fused-ring (bicyclic) bond motifs is 1. The second-order valence-corrected chi connectivity index (χ2v) is 5.66. The molecule has 3 rings (SSSR count). The molecular formula is C17H17N5O2. The third-order valence-electron chi connectivity index (χ3n) is 3.66. The van der Waals surface area contributed by atoms with E-state index in [4.69, 9.17) is 5.73 Å². The number of hydrogen-bond acceptors (Lipinski definition) is 4. The van der Waals surface area contributed by atoms with Gasteiger partial charge in [-0.05, 0) is 44.2 Å². The van der Waals surface area contributed by atoms with Gasteiger partial charge in [-0.1, -0.05) is 0 Å². The molecule has 2 heterocycles. The van der Waals surface area contributed by atoms with Crippen LogP contribution in [-0.4, -0.2) is 37.8 Å². The molecule has 0 bridgehead atoms. The standard InChI is InChI=1S/C17H17N5O2/c1-10(2)22(17(18)24)16(23)12-3-4-13-14(9-12)21-15(20-13)11-5-7-19-8-6-11/h3-10H,1-2H3,(H2,18,24)(H,20,21). The van der Waals surface area contributed by atoms with E-state index in [1.165, 1.54) is 0 Å². The minimum atomic E-state index is -0.766. The molecule has 0 saturated heterocycles. The minimum absolute atomic E-state index is 0.320. The van der Waals surface area contributed by atoms with Crippen molar-refractivity contribution in [3.05, 3.63) is 48.3 Å². The molecular weight excluding hydrogens is 306 g/mol. The summed E-state index contributed by atoms with van der Waals surface area (Å²) < 4.78 is 0. The number of H-pyrrole nitrogens is 1. The number of aromatic amines is 1. The Labute approximate surface area is 138 Å². The fraction of sp³-hybridized carbons (Fsp3) is 0.176. The zero-order chi connectivity index (χ0) is 17.3. The molecule has 0 saturated carbocycles. The number of carbonyl (C=O) groups is 2. The van der Waals surface area contributed by atoms with Gasteiger partial charge in [0.05, 0.1) is 11.0 Å². The number of imide groups is 1. The van der Waals surface area contributed by atoms with Gasteiger partial charge >= 0.3 is 6.03 Å². The molecule has 24 heavy (non-hydrogen) atoms. The summed E-state index contributed by atoms with van der Waals surface area (Å²) in [7, 11) is 0. The van der Waals surface area contributed by atoms with Crippen molar-refractivity contribution in [1.29, 1.82) is 0 Å². The molecule has 3 aromatic rings. The predicted octanol–water partition coefficient (Wildman–Crippen LogP) is 2.55. The lowest BCUT2D eigenvalue weighted by Crippen LogP contribution is -2.45. The molecule has 0 aliphatic carbocycles. The smallest absolute Gasteiger partial charge is 0.321 e. The van der Waals surface area contributed by atoms with Gasteiger partial charge in [0.2, 0.25) is 0 Å². The van der Waals surface area contributed by atoms with Crippen molar-refractivity contribution >= 4 is 23.0 Å². The molecule has 3 N–H and O–H groups in total. The molecule has 0 radical (unpaired) electrons. The Hall–Kier alpha value is -3.22. The van der Waals surface area contributed by atoms with Crippen LogP contribution in [0.15, 0.2) is 42.7 Å². The summed E-state index contributed by atoms with van der Waals surface area (Å²) >= 11 is 0. The van der Waals surface area contributed by atoms with Gasteiger partial charge in [-0.15, -0.1) is 0 Å². The third kappa shape index (κ3) is 2.83. The summed E-state index contributed by atoms with van der Waals surface area (Å²) in [5.41, 5.74) is 8.02. The van der Waals surface area contributed by atoms with E-state index in [-0.39, 0.29) is 6.04 Å². The monoisotopic (exact) mass is 323 g/mol. The number of hydrogen-bond donors (Lipinski definition) is 2. The lowest BCUT2D eigenvalue weighted by molar-refractivity contribution is 0.0772. The van der Waals surface area contributed by atoms with Crippen LogP contribution in [0.25, 0.3) is 22.4 Å². The normalized spacial score (nSPS) is 11.0. The Bertz CT molecular complexity index is 902. The maximum Gasteiger partial charge on any atom is 0.321 e. The zero-order valence-corrected chi connectivity index (χ0v) is 13.4. The van der Waals surface area contributed by atoms with Crippen molar-refractivity contribution in [2.45, 2.75) is 19.9 Å². The summed E-state index contributed by atoms with van der Waals surface area (Å²) in [6.07, 6.45) is 3.37. The first-order chi connectivity index (χ1) is 11.5. The Morgan fingerprint density at radius 2 is 1.88 bits per heavy atom. The average Bonchev–Trinajstić information content (AvgIpc) is 2.98. The molecule has 3 amide bonds. The number of amides is 3. The number of nitrogens with one attached hydrogen (secondary N) is 1. The van der Waals surface area contributed by atoms with E-state index < -0.39 is 11.9 Å². The molecule has 0 atom stereocenters. The molecule has 2 aromatic heterocycles. The number of rotatable bonds is 3. The SMILES string of the molecule is CC(C)N(C(N)=O)C(=O)c1ccc2nc(-c3ccncc3)[nH]c2c1. The lowest BCUT2D eigenvalue weighted by atomic mass is 10.1. The Morgan fingerprint density at radius 1 is 1.17 bits per heavy atom. The van der Waals surface area contributed by atoms with Crippen LogP contribution in [0.3, 0.4) is 0 Å². The lowest BCUT2D eigenvalue weighted by Gasteiger charge is -2.22. The second kappa shape index (κ2) is 6.11. The van der Waals surface area contributed by atoms with Gasteiger partial charge in [-0.2, -0.15) is 0 Å². The molecule has 7 nitrogen and oxygen atoms in total. The minimum Gasteiger partial charge on any atom is -0.351 e. The summed E-state index contributed by atoms with van der Waals surface area (Å²) in [6, 6.07) is 7.66. The van der Waals surface area contributed by atoms with Crippen LogP contribution in [0.5, 0.6) is 0 Å². The number of nitrogens with zero attached hydrogens (tertiary/aromatic N) is 3. The molecule has 0 aliphatic heterocycles. The number of imidazole rings is 1. The third-order valence-corrected chi connectivity index (χ3v) is 3.66. The van der Waals surface area contributed by atoms with Crippen LogP contribution in [0, 0.1) is 0 Å². The fourth-order valence-corrected chi connectivity index (χ4v) is 2.52. The first kappa shape index (κ1) is 15.7. The molecule has 7 heteroatoms. The number of urea groups is 1. The van der Waals surface area contributed by atoms with Gasteiger partial charge in [0.25, 0.3) is 5.91 Å². The van der Waals surface area contributed by atoms with Crippen molar-refractivity contribution in [1.82, 2.24) is 19.9 Å². The number of primary amides is 1. The van der Waals surface area contributed by atoms with E-state index in [0.29, 0.717) is 16.9 Å². The van der Waals surface area contributed by atoms with Gasteiger partial charge in [0.1, 0.15) is 5.82 Å². The van der Waals surface area contributed by atoms with Gasteiger partial charge in [0.15, 0.2) is 0 Å². The quantitative estimate of drug-likeness (QED) is 0.772. The predicted molar refractivity (Wildman–Crippen MR) is 90.2 cm³/mol. The van der Waals surface area contributed by atoms with Crippen molar-refractivity contribution in [2.75, 3.05) is 0 Å². The number of pyridine rings is 1. The van der Waals surface area contributed by atoms with Crippen molar-refractivity contribution < 1.29 is 9.59 Å². The van der Waals surface area contributed by atoms with E-state index in [1.54, 1.807) is 44.4 Å². The van der Waals surface area contributed by atoms with E-state index in [0.717, 1.165) is 16.0 Å². The van der Waals surface area contributed by atoms with Crippen LogP contribution >= 0.6 is 0 Å². The summed E-state index contributed by atoms with van der Waals surface area (Å²) in [4.78, 5) is 36.7. The number of carbonyl (C=O) groups excluding carboxylic acids is 2. The Balaban J connectivity index is 2.00. The highest BCUT2D eigenvalue weighted by atomic mass is 16.2. The number of benzene rings is 1. The maximum absolute atomic E-state index is 12.5. The highest BCUT2D eigenvalue weighted by Gasteiger charge is 2.24. The van der Waals surface area contributed by atoms with E-state index in [1.807, 2.05) is 12.1 Å². The van der Waals surface area contributed by atoms with Crippen molar-refractivity contribution in [2.24, 2.45) is 5.73 Å². The first-order valence-corrected chi connectivity index (χ1v) is 7.50. The molecule has 1 aromatic carbocycles. The summed E-state index contributed by atoms with van der Waals surface area (Å²) in [5.74, 6) is 0.257. The van der Waals surface area contributed by atoms with Crippen molar-refractivity contribution in [3.63, 3.8) is 0 Å². The number of nitrogens with two attached hydrogens (primary N) is 1. The van der Waals surface area contributed by atoms with Gasteiger partial charge < -0.3 is 10.7 Å². The topological polar surface area (TPSA) is 105 Å². The van der Waals surface area contributed by atoms with E-state index in [9.17, 15) is 9.59 Å². The molecule has 0 aliphatic rings. The molecule has 0 spiro atoms. The largest absolute Gasteiger partial charge is 0.351 e. The second-order valence-electron chi connectivity index (χ2n) is 5.66. The van der Waals surface area contributed by atoms with Gasteiger partial charge in [-0.25, -0.2) is 9.78 Å². The van der Waals surface area contributed by atoms with Crippen molar-refractivity contribution in [3.8, 4) is 11.4 Å². The van der Waals surface area contributed by atoms with Crippen LogP contribution in [0.2, 0.25) is 0 Å². The zero-order valence-electron chi connectivity index (χ0n) is 13.4. The van der Waals surface area contributed by atoms with Crippen LogP contribution in [0.1, 0.15) is 24.2 Å². The maximum atomic E-state index is 12.5. The molecule has 122 valence electrons. The van der Waals surface area contributed by atoms with Crippen LogP contribution in [-0.2, 0) is 0 Å². The highest BCUT2D eigenvalue weighted by Crippen LogP contribution is 2.21. The van der Waals surface area contributed by atoms with E-state index >= 15 is 0 Å². The summed E-state index contributed by atoms with van der Waals surface area (Å²) in [5, 5.41) is 0. The Kier molecular flexibility index (Phi) is 3.99. The molecule has 0 fully saturated rings. The van der Waals surface area contributed by atoms with E-state index in [2.05, 4.69) is 15.0 Å². The Morgan fingerprint density at radius 3 is 2.50 bits per heavy atom. The van der Waals surface area contributed by atoms with Crippen LogP contribution in [0.4, 0.5) is 4.79 Å². The fourth-order valence-electron chi connectivity index (χ4n) is 2.52. The van der Waals surface area contributed by atoms with Gasteiger partial charge in [-0.3, -0.25) is 14.7 Å². The number of aromatic nitrogens is 3. The summed E-state index contributed by atoms with van der Waals surface area (Å²) in [6.45, 7) is 3.47.